The first-order valence-electron chi connectivity index (χ1n) is 8.21. The molecule has 136 valence electrons. The molecule has 3 rings (SSSR count). The molecule has 0 spiro atoms. The Balaban J connectivity index is 0.00000225. The number of nitrogens with one attached hydrogen (secondary N) is 1. The minimum absolute atomic E-state index is 0. The highest BCUT2D eigenvalue weighted by molar-refractivity contribution is 7.09. The molecule has 7 heteroatoms. The Hall–Kier alpha value is -1.47. The van der Waals surface area contributed by atoms with Crippen molar-refractivity contribution < 1.29 is 9.53 Å². The summed E-state index contributed by atoms with van der Waals surface area (Å²) in [5.74, 6) is -0.134. The quantitative estimate of drug-likeness (QED) is 0.834. The normalized spacial score (nSPS) is 16.1. The molecule has 0 unspecified atom stereocenters. The number of thiazole rings is 1. The van der Waals surface area contributed by atoms with Gasteiger partial charge < -0.3 is 15.8 Å². The van der Waals surface area contributed by atoms with E-state index in [1.807, 2.05) is 6.07 Å². The number of aryl methyl sites for hydroxylation is 1. The Morgan fingerprint density at radius 1 is 1.36 bits per heavy atom. The van der Waals surface area contributed by atoms with Crippen LogP contribution in [0, 0.1) is 6.92 Å². The first kappa shape index (κ1) is 19.8. The smallest absolute Gasteiger partial charge is 0.270 e. The predicted molar refractivity (Wildman–Crippen MR) is 102 cm³/mol. The highest BCUT2D eigenvalue weighted by Gasteiger charge is 2.36. The molecule has 2 aromatic rings. The van der Waals surface area contributed by atoms with Gasteiger partial charge >= 0.3 is 0 Å². The average Bonchev–Trinajstić information content (AvgIpc) is 3.10. The molecule has 0 radical (unpaired) electrons. The third-order valence-corrected chi connectivity index (χ3v) is 5.58. The van der Waals surface area contributed by atoms with Crippen LogP contribution in [0.1, 0.15) is 39.5 Å². The van der Waals surface area contributed by atoms with Crippen molar-refractivity contribution in [1.82, 2.24) is 10.3 Å². The van der Waals surface area contributed by atoms with Gasteiger partial charge in [-0.15, -0.1) is 23.7 Å². The molecule has 0 bridgehead atoms. The summed E-state index contributed by atoms with van der Waals surface area (Å²) in [7, 11) is 0. The number of carbonyl (C=O) groups is 1. The van der Waals surface area contributed by atoms with Gasteiger partial charge in [-0.3, -0.25) is 4.79 Å². The second kappa shape index (κ2) is 8.76. The minimum Gasteiger partial charge on any atom is -0.381 e. The van der Waals surface area contributed by atoms with E-state index < -0.39 is 0 Å². The van der Waals surface area contributed by atoms with E-state index in [4.69, 9.17) is 10.5 Å². The molecule has 1 aromatic carbocycles. The zero-order chi connectivity index (χ0) is 17.0. The standard InChI is InChI=1S/C18H23N3O2S.ClH/c1-13-4-2-3-5-14(13)18(6-8-23-9-7-18)12-20-17(22)15-11-24-16(10-19)21-15;/h2-5,11H,6-10,12,19H2,1H3,(H,20,22);1H. The van der Waals surface area contributed by atoms with Crippen molar-refractivity contribution in [3.63, 3.8) is 0 Å². The summed E-state index contributed by atoms with van der Waals surface area (Å²) >= 11 is 1.42. The van der Waals surface area contributed by atoms with Crippen molar-refractivity contribution in [1.29, 1.82) is 0 Å². The fourth-order valence-electron chi connectivity index (χ4n) is 3.32. The number of nitrogens with two attached hydrogens (primary N) is 1. The SMILES string of the molecule is Cc1ccccc1C1(CNC(=O)c2csc(CN)n2)CCOCC1.Cl. The molecule has 3 N–H and O–H groups in total. The van der Waals surface area contributed by atoms with Gasteiger partial charge in [0, 0.05) is 37.1 Å². The lowest BCUT2D eigenvalue weighted by Crippen LogP contribution is -2.45. The van der Waals surface area contributed by atoms with E-state index in [0.29, 0.717) is 18.8 Å². The van der Waals surface area contributed by atoms with Gasteiger partial charge in [0.15, 0.2) is 0 Å². The number of halogens is 1. The number of hydrogen-bond acceptors (Lipinski definition) is 5. The van der Waals surface area contributed by atoms with Crippen LogP contribution < -0.4 is 11.1 Å². The van der Waals surface area contributed by atoms with Gasteiger partial charge in [-0.1, -0.05) is 24.3 Å². The third-order valence-electron chi connectivity index (χ3n) is 4.71. The maximum atomic E-state index is 12.4. The van der Waals surface area contributed by atoms with Crippen LogP contribution in [-0.2, 0) is 16.7 Å². The molecule has 25 heavy (non-hydrogen) atoms. The number of benzene rings is 1. The maximum Gasteiger partial charge on any atom is 0.270 e. The molecule has 1 aliphatic rings. The second-order valence-corrected chi connectivity index (χ2v) is 7.16. The van der Waals surface area contributed by atoms with Crippen LogP contribution in [0.25, 0.3) is 0 Å². The summed E-state index contributed by atoms with van der Waals surface area (Å²) in [6.45, 7) is 4.52. The molecule has 1 aliphatic heterocycles. The predicted octanol–water partition coefficient (Wildman–Crippen LogP) is 2.81. The van der Waals surface area contributed by atoms with E-state index in [9.17, 15) is 4.79 Å². The monoisotopic (exact) mass is 381 g/mol. The number of nitrogens with zero attached hydrogens (tertiary/aromatic N) is 1. The van der Waals surface area contributed by atoms with Gasteiger partial charge in [0.1, 0.15) is 10.7 Å². The summed E-state index contributed by atoms with van der Waals surface area (Å²) in [6, 6.07) is 8.41. The van der Waals surface area contributed by atoms with Crippen LogP contribution in [0.3, 0.4) is 0 Å². The first-order chi connectivity index (χ1) is 11.6. The lowest BCUT2D eigenvalue weighted by Gasteiger charge is -2.38. The highest BCUT2D eigenvalue weighted by atomic mass is 35.5. The molecule has 0 atom stereocenters. The summed E-state index contributed by atoms with van der Waals surface area (Å²) in [6.07, 6.45) is 1.81. The van der Waals surface area contributed by atoms with Gasteiger partial charge in [-0.2, -0.15) is 0 Å². The van der Waals surface area contributed by atoms with Gasteiger partial charge in [0.25, 0.3) is 5.91 Å². The maximum absolute atomic E-state index is 12.4. The third kappa shape index (κ3) is 4.39. The topological polar surface area (TPSA) is 77.2 Å². The van der Waals surface area contributed by atoms with Gasteiger partial charge in [0.2, 0.25) is 0 Å². The summed E-state index contributed by atoms with van der Waals surface area (Å²) in [5, 5.41) is 5.62. The minimum atomic E-state index is -0.134. The van der Waals surface area contributed by atoms with Crippen molar-refractivity contribution in [2.45, 2.75) is 31.7 Å². The van der Waals surface area contributed by atoms with E-state index in [0.717, 1.165) is 31.1 Å². The zero-order valence-corrected chi connectivity index (χ0v) is 15.9. The lowest BCUT2D eigenvalue weighted by atomic mass is 9.72. The van der Waals surface area contributed by atoms with Gasteiger partial charge in [-0.25, -0.2) is 4.98 Å². The fourth-order valence-corrected chi connectivity index (χ4v) is 3.98. The summed E-state index contributed by atoms with van der Waals surface area (Å²) < 4.78 is 5.56. The number of ether oxygens (including phenoxy) is 1. The Morgan fingerprint density at radius 3 is 2.72 bits per heavy atom. The number of amides is 1. The number of aromatic nitrogens is 1. The Bertz CT molecular complexity index is 714. The van der Waals surface area contributed by atoms with Gasteiger partial charge in [-0.05, 0) is 30.9 Å². The number of rotatable bonds is 5. The van der Waals surface area contributed by atoms with Crippen LogP contribution in [0.15, 0.2) is 29.6 Å². The molecule has 2 heterocycles. The molecule has 1 aromatic heterocycles. The van der Waals surface area contributed by atoms with Crippen LogP contribution >= 0.6 is 23.7 Å². The van der Waals surface area contributed by atoms with Gasteiger partial charge in [0.05, 0.1) is 0 Å². The Kier molecular flexibility index (Phi) is 6.95. The average molecular weight is 382 g/mol. The van der Waals surface area contributed by atoms with Crippen molar-refractivity contribution in [2.75, 3.05) is 19.8 Å². The molecule has 5 nitrogen and oxygen atoms in total. The van der Waals surface area contributed by atoms with E-state index in [-0.39, 0.29) is 23.7 Å². The van der Waals surface area contributed by atoms with E-state index in [1.165, 1.54) is 22.5 Å². The molecule has 1 fully saturated rings. The Labute approximate surface area is 158 Å². The first-order valence-corrected chi connectivity index (χ1v) is 9.09. The van der Waals surface area contributed by atoms with Crippen LogP contribution in [0.5, 0.6) is 0 Å². The van der Waals surface area contributed by atoms with Crippen LogP contribution in [0.4, 0.5) is 0 Å². The number of carbonyl (C=O) groups excluding carboxylic acids is 1. The van der Waals surface area contributed by atoms with Crippen molar-refractivity contribution in [3.05, 3.63) is 51.5 Å². The van der Waals surface area contributed by atoms with E-state index in [2.05, 4.69) is 35.4 Å². The molecular weight excluding hydrogens is 358 g/mol. The van der Waals surface area contributed by atoms with E-state index >= 15 is 0 Å². The second-order valence-electron chi connectivity index (χ2n) is 6.22. The molecule has 1 saturated heterocycles. The fraction of sp³-hybridized carbons (Fsp3) is 0.444. The van der Waals surface area contributed by atoms with Crippen LogP contribution in [0.2, 0.25) is 0 Å². The summed E-state index contributed by atoms with van der Waals surface area (Å²) in [4.78, 5) is 16.7. The summed E-state index contributed by atoms with van der Waals surface area (Å²) in [5.41, 5.74) is 8.50. The van der Waals surface area contributed by atoms with Crippen molar-refractivity contribution >= 4 is 29.7 Å². The molecule has 1 amide bonds. The van der Waals surface area contributed by atoms with Crippen molar-refractivity contribution in [3.8, 4) is 0 Å². The number of hydrogen-bond donors (Lipinski definition) is 2. The van der Waals surface area contributed by atoms with E-state index in [1.54, 1.807) is 5.38 Å². The Morgan fingerprint density at radius 2 is 2.08 bits per heavy atom. The molecular formula is C18H24ClN3O2S. The largest absolute Gasteiger partial charge is 0.381 e. The lowest BCUT2D eigenvalue weighted by molar-refractivity contribution is 0.0485. The molecule has 0 saturated carbocycles. The zero-order valence-electron chi connectivity index (χ0n) is 14.3. The van der Waals surface area contributed by atoms with Crippen molar-refractivity contribution in [2.24, 2.45) is 5.73 Å². The molecule has 0 aliphatic carbocycles. The van der Waals surface area contributed by atoms with Crippen LogP contribution in [-0.4, -0.2) is 30.6 Å². The highest BCUT2D eigenvalue weighted by Crippen LogP contribution is 2.36.